The number of carbonyl (C=O) groups is 1. The van der Waals surface area contributed by atoms with Gasteiger partial charge in [-0.15, -0.1) is 11.3 Å². The fraction of sp³-hybridized carbons (Fsp3) is 0.267. The topological polar surface area (TPSA) is 133 Å². The van der Waals surface area contributed by atoms with Gasteiger partial charge in [0.25, 0.3) is 0 Å². The van der Waals surface area contributed by atoms with Gasteiger partial charge in [-0.1, -0.05) is 36.4 Å². The summed E-state index contributed by atoms with van der Waals surface area (Å²) >= 11 is 1.54. The van der Waals surface area contributed by atoms with Crippen molar-refractivity contribution in [3.63, 3.8) is 0 Å². The molecule has 1 fully saturated rings. The molecule has 1 amide bonds. The minimum Gasteiger partial charge on any atom is -0.384 e. The van der Waals surface area contributed by atoms with Gasteiger partial charge in [-0.25, -0.2) is 13.9 Å². The predicted molar refractivity (Wildman–Crippen MR) is 167 cm³/mol. The van der Waals surface area contributed by atoms with Gasteiger partial charge >= 0.3 is 0 Å². The van der Waals surface area contributed by atoms with Crippen LogP contribution in [-0.2, 0) is 25.7 Å². The Labute approximate surface area is 244 Å². The number of morpholine rings is 1. The fourth-order valence-electron chi connectivity index (χ4n) is 4.70. The van der Waals surface area contributed by atoms with E-state index in [1.807, 2.05) is 42.5 Å². The summed E-state index contributed by atoms with van der Waals surface area (Å²) in [6.07, 6.45) is 0.826. The molecule has 1 unspecified atom stereocenters. The highest BCUT2D eigenvalue weighted by molar-refractivity contribution is 7.98. The number of para-hydroxylation sites is 1. The summed E-state index contributed by atoms with van der Waals surface area (Å²) in [5.74, 6) is 3.96. The number of nitrogens with two attached hydrogens (primary N) is 1. The lowest BCUT2D eigenvalue weighted by Gasteiger charge is -2.26. The summed E-state index contributed by atoms with van der Waals surface area (Å²) < 4.78 is 23.8. The highest BCUT2D eigenvalue weighted by Crippen LogP contribution is 2.30. The van der Waals surface area contributed by atoms with Crippen molar-refractivity contribution >= 4 is 54.6 Å². The van der Waals surface area contributed by atoms with Crippen molar-refractivity contribution < 1.29 is 13.7 Å². The Bertz CT molecular complexity index is 1610. The van der Waals surface area contributed by atoms with Crippen molar-refractivity contribution in [2.45, 2.75) is 23.8 Å². The number of nitrogen functional groups attached to an aromatic ring is 1. The van der Waals surface area contributed by atoms with E-state index in [-0.39, 0.29) is 11.7 Å². The molecule has 0 bridgehead atoms. The lowest BCUT2D eigenvalue weighted by molar-refractivity contribution is -0.116. The van der Waals surface area contributed by atoms with Crippen molar-refractivity contribution in [1.29, 1.82) is 5.41 Å². The summed E-state index contributed by atoms with van der Waals surface area (Å²) in [6, 6.07) is 21.9. The summed E-state index contributed by atoms with van der Waals surface area (Å²) in [6.45, 7) is 3.69. The molecule has 2 heterocycles. The number of hydrogen-bond donors (Lipinski definition) is 4. The maximum absolute atomic E-state index is 14.1. The van der Waals surface area contributed by atoms with E-state index in [0.717, 1.165) is 33.9 Å². The Morgan fingerprint density at radius 3 is 2.68 bits per heavy atom. The van der Waals surface area contributed by atoms with Gasteiger partial charge in [-0.2, -0.15) is 0 Å². The molecule has 41 heavy (non-hydrogen) atoms. The summed E-state index contributed by atoms with van der Waals surface area (Å²) in [7, 11) is -3.00. The molecule has 1 aliphatic heterocycles. The maximum Gasteiger partial charge on any atom is 0.225 e. The SMILES string of the molecule is C=S(=O)(N[C@@H](Cc1cccc(C(=N)N)c1)c1nc2ccccc2s1)c1cccc(NC(=O)CCN2CCOCC2)c1. The average Bonchev–Trinajstić information content (AvgIpc) is 3.41. The number of fused-ring (bicyclic) bond motifs is 1. The van der Waals surface area contributed by atoms with Crippen LogP contribution in [0.3, 0.4) is 0 Å². The summed E-state index contributed by atoms with van der Waals surface area (Å²) in [5.41, 5.74) is 8.71. The molecule has 9 nitrogen and oxygen atoms in total. The van der Waals surface area contributed by atoms with Crippen molar-refractivity contribution in [3.05, 3.63) is 88.9 Å². The van der Waals surface area contributed by atoms with Crippen LogP contribution in [0.15, 0.2) is 77.7 Å². The first kappa shape index (κ1) is 28.9. The number of thiazole rings is 1. The third kappa shape index (κ3) is 7.57. The van der Waals surface area contributed by atoms with E-state index in [1.165, 1.54) is 11.3 Å². The molecule has 1 aromatic heterocycles. The Hall–Kier alpha value is -3.61. The minimum absolute atomic E-state index is 0.0129. The molecule has 1 saturated heterocycles. The number of hydrogen-bond acceptors (Lipinski definition) is 7. The fourth-order valence-corrected chi connectivity index (χ4v) is 7.20. The first-order valence-electron chi connectivity index (χ1n) is 13.4. The molecule has 2 atom stereocenters. The van der Waals surface area contributed by atoms with Crippen molar-refractivity contribution in [2.75, 3.05) is 38.2 Å². The number of benzene rings is 3. The molecule has 0 aliphatic carbocycles. The Morgan fingerprint density at radius 2 is 1.90 bits per heavy atom. The molecule has 4 aromatic rings. The largest absolute Gasteiger partial charge is 0.384 e. The molecule has 0 saturated carbocycles. The van der Waals surface area contributed by atoms with Gasteiger partial charge in [0, 0.05) is 42.2 Å². The highest BCUT2D eigenvalue weighted by Gasteiger charge is 2.22. The second kappa shape index (κ2) is 12.9. The van der Waals surface area contributed by atoms with Crippen molar-refractivity contribution in [1.82, 2.24) is 14.6 Å². The molecule has 11 heteroatoms. The molecule has 1 aliphatic rings. The second-order valence-corrected chi connectivity index (χ2v) is 13.1. The number of anilines is 1. The smallest absolute Gasteiger partial charge is 0.225 e. The van der Waals surface area contributed by atoms with Crippen molar-refractivity contribution in [2.24, 2.45) is 5.73 Å². The Kier molecular flexibility index (Phi) is 9.11. The Balaban J connectivity index is 1.35. The molecule has 3 aromatic carbocycles. The number of amidine groups is 1. The quantitative estimate of drug-likeness (QED) is 0.119. The molecule has 0 radical (unpaired) electrons. The zero-order chi connectivity index (χ0) is 28.8. The zero-order valence-electron chi connectivity index (χ0n) is 22.7. The summed E-state index contributed by atoms with van der Waals surface area (Å²) in [5, 5.41) is 11.5. The third-order valence-corrected chi connectivity index (χ3v) is 9.71. The molecular weight excluding hydrogens is 557 g/mol. The highest BCUT2D eigenvalue weighted by atomic mass is 32.2. The third-order valence-electron chi connectivity index (χ3n) is 6.88. The number of ether oxygens (including phenoxy) is 1. The standard InChI is InChI=1S/C30H34N6O3S2/c1-41(38,24-9-5-8-23(20-24)33-28(37)12-13-36-14-16-39-17-15-36)35-26(19-21-6-4-7-22(18-21)29(31)32)30-34-25-10-2-3-11-27(25)40-30/h2-11,18,20,26H,1,12-17,19H2,(H3,31,32)(H,33,37)(H,35,38)/t26-,41?/m0/s1. The number of carbonyl (C=O) groups excluding carboxylic acids is 1. The number of aromatic nitrogens is 1. The van der Waals surface area contributed by atoms with Gasteiger partial charge in [0.1, 0.15) is 10.8 Å². The van der Waals surface area contributed by atoms with Crippen LogP contribution in [0.1, 0.15) is 28.6 Å². The summed E-state index contributed by atoms with van der Waals surface area (Å²) in [4.78, 5) is 20.2. The first-order valence-corrected chi connectivity index (χ1v) is 15.9. The molecule has 0 spiro atoms. The number of rotatable bonds is 11. The number of nitrogens with zero attached hydrogens (tertiary/aromatic N) is 2. The van der Waals surface area contributed by atoms with Crippen LogP contribution >= 0.6 is 11.3 Å². The minimum atomic E-state index is -3.00. The van der Waals surface area contributed by atoms with E-state index in [1.54, 1.807) is 30.3 Å². The van der Waals surface area contributed by atoms with Gasteiger partial charge in [0.05, 0.1) is 39.2 Å². The van der Waals surface area contributed by atoms with Crippen LogP contribution in [0, 0.1) is 5.41 Å². The maximum atomic E-state index is 14.1. The molecule has 214 valence electrons. The van der Waals surface area contributed by atoms with E-state index in [0.29, 0.717) is 48.7 Å². The van der Waals surface area contributed by atoms with Gasteiger partial charge in [0.2, 0.25) is 5.91 Å². The lowest BCUT2D eigenvalue weighted by Crippen LogP contribution is -2.38. The van der Waals surface area contributed by atoms with Gasteiger partial charge in [-0.3, -0.25) is 15.1 Å². The number of amides is 1. The van der Waals surface area contributed by atoms with E-state index in [2.05, 4.69) is 20.8 Å². The van der Waals surface area contributed by atoms with Crippen LogP contribution in [0.25, 0.3) is 10.2 Å². The lowest BCUT2D eigenvalue weighted by atomic mass is 10.0. The zero-order valence-corrected chi connectivity index (χ0v) is 24.3. The molecular formula is C30H34N6O3S2. The predicted octanol–water partition coefficient (Wildman–Crippen LogP) is 3.81. The van der Waals surface area contributed by atoms with E-state index >= 15 is 0 Å². The van der Waals surface area contributed by atoms with Gasteiger partial charge in [0.15, 0.2) is 0 Å². The monoisotopic (exact) mass is 590 g/mol. The van der Waals surface area contributed by atoms with E-state index in [9.17, 15) is 9.00 Å². The normalized spacial score (nSPS) is 16.2. The molecule has 5 N–H and O–H groups in total. The van der Waals surface area contributed by atoms with Crippen LogP contribution in [-0.4, -0.2) is 64.6 Å². The van der Waals surface area contributed by atoms with Crippen LogP contribution in [0.5, 0.6) is 0 Å². The van der Waals surface area contributed by atoms with Crippen LogP contribution in [0.4, 0.5) is 5.69 Å². The first-order chi connectivity index (χ1) is 19.8. The van der Waals surface area contributed by atoms with Crippen LogP contribution in [0.2, 0.25) is 0 Å². The average molecular weight is 591 g/mol. The van der Waals surface area contributed by atoms with Gasteiger partial charge in [-0.05, 0) is 54.3 Å². The molecule has 5 rings (SSSR count). The Morgan fingerprint density at radius 1 is 1.12 bits per heavy atom. The van der Waals surface area contributed by atoms with E-state index in [4.69, 9.17) is 20.9 Å². The van der Waals surface area contributed by atoms with Crippen molar-refractivity contribution in [3.8, 4) is 0 Å². The second-order valence-electron chi connectivity index (χ2n) is 9.96. The van der Waals surface area contributed by atoms with Gasteiger partial charge < -0.3 is 15.8 Å². The number of nitrogens with one attached hydrogen (secondary N) is 3. The van der Waals surface area contributed by atoms with E-state index < -0.39 is 15.7 Å². The van der Waals surface area contributed by atoms with Crippen LogP contribution < -0.4 is 15.8 Å².